The number of allylic oxidation sites excluding steroid dienone is 2. The van der Waals surface area contributed by atoms with E-state index in [0.29, 0.717) is 5.92 Å². The fourth-order valence-electron chi connectivity index (χ4n) is 2.98. The van der Waals surface area contributed by atoms with Crippen molar-refractivity contribution in [3.63, 3.8) is 0 Å². The Labute approximate surface area is 121 Å². The molecule has 1 N–H and O–H groups in total. The molecule has 1 aromatic carbocycles. The summed E-state index contributed by atoms with van der Waals surface area (Å²) in [6.45, 7) is 2.10. The fraction of sp³-hybridized carbons (Fsp3) is 0.500. The molecule has 0 aromatic heterocycles. The van der Waals surface area contributed by atoms with Gasteiger partial charge in [0.05, 0.1) is 6.04 Å². The van der Waals surface area contributed by atoms with Crippen molar-refractivity contribution < 1.29 is 4.79 Å². The molecule has 20 heavy (non-hydrogen) atoms. The number of benzene rings is 1. The Morgan fingerprint density at radius 3 is 2.50 bits per heavy atom. The second-order valence-electron chi connectivity index (χ2n) is 6.22. The highest BCUT2D eigenvalue weighted by Crippen LogP contribution is 2.41. The van der Waals surface area contributed by atoms with Crippen LogP contribution in [0.4, 0.5) is 0 Å². The summed E-state index contributed by atoms with van der Waals surface area (Å²) < 4.78 is 0. The second-order valence-corrected chi connectivity index (χ2v) is 6.22. The molecule has 1 fully saturated rings. The molecule has 0 radical (unpaired) electrons. The summed E-state index contributed by atoms with van der Waals surface area (Å²) in [5, 5.41) is 3.31. The van der Waals surface area contributed by atoms with Crippen LogP contribution in [0.2, 0.25) is 0 Å². The van der Waals surface area contributed by atoms with Crippen molar-refractivity contribution in [2.75, 3.05) is 0 Å². The van der Waals surface area contributed by atoms with Crippen LogP contribution in [0.5, 0.6) is 0 Å². The van der Waals surface area contributed by atoms with Gasteiger partial charge in [0, 0.05) is 5.92 Å². The molecule has 0 bridgehead atoms. The molecule has 2 nitrogen and oxygen atoms in total. The molecule has 0 saturated heterocycles. The average Bonchev–Trinajstić information content (AvgIpc) is 3.31. The van der Waals surface area contributed by atoms with E-state index in [-0.39, 0.29) is 17.9 Å². The maximum absolute atomic E-state index is 12.4. The maximum atomic E-state index is 12.4. The van der Waals surface area contributed by atoms with Crippen molar-refractivity contribution >= 4 is 5.91 Å². The number of rotatable bonds is 4. The number of amides is 1. The fourth-order valence-corrected chi connectivity index (χ4v) is 2.98. The molecular weight excluding hydrogens is 246 g/mol. The van der Waals surface area contributed by atoms with Gasteiger partial charge < -0.3 is 5.32 Å². The van der Waals surface area contributed by atoms with E-state index in [1.54, 1.807) is 0 Å². The molecule has 0 spiro atoms. The average molecular weight is 269 g/mol. The molecule has 2 unspecified atom stereocenters. The highest BCUT2D eigenvalue weighted by Gasteiger charge is 2.34. The van der Waals surface area contributed by atoms with Crippen LogP contribution >= 0.6 is 0 Å². The van der Waals surface area contributed by atoms with Gasteiger partial charge >= 0.3 is 0 Å². The standard InChI is InChI=1S/C18H23NO/c1-13-7-9-14(10-8-13)17(15-11-12-15)19-18(20)16-5-3-2-4-6-16/h2-3,7-10,15-17H,4-6,11-12H2,1H3,(H,19,20). The number of carbonyl (C=O) groups is 1. The molecule has 2 aliphatic rings. The zero-order chi connectivity index (χ0) is 13.9. The molecule has 1 saturated carbocycles. The predicted molar refractivity (Wildman–Crippen MR) is 81.3 cm³/mol. The van der Waals surface area contributed by atoms with Gasteiger partial charge in [-0.05, 0) is 50.5 Å². The van der Waals surface area contributed by atoms with Crippen molar-refractivity contribution in [3.05, 3.63) is 47.5 Å². The van der Waals surface area contributed by atoms with Crippen LogP contribution in [0, 0.1) is 18.8 Å². The van der Waals surface area contributed by atoms with Gasteiger partial charge in [-0.3, -0.25) is 4.79 Å². The van der Waals surface area contributed by atoms with Gasteiger partial charge in [-0.25, -0.2) is 0 Å². The van der Waals surface area contributed by atoms with E-state index >= 15 is 0 Å². The molecule has 1 amide bonds. The van der Waals surface area contributed by atoms with Crippen molar-refractivity contribution in [2.24, 2.45) is 11.8 Å². The van der Waals surface area contributed by atoms with Crippen molar-refractivity contribution in [1.29, 1.82) is 0 Å². The van der Waals surface area contributed by atoms with Crippen molar-refractivity contribution in [3.8, 4) is 0 Å². The molecule has 0 heterocycles. The first-order valence-corrected chi connectivity index (χ1v) is 7.76. The Morgan fingerprint density at radius 2 is 1.90 bits per heavy atom. The largest absolute Gasteiger partial charge is 0.349 e. The van der Waals surface area contributed by atoms with Crippen molar-refractivity contribution in [2.45, 2.75) is 45.1 Å². The van der Waals surface area contributed by atoms with Crippen LogP contribution in [0.1, 0.15) is 49.3 Å². The highest BCUT2D eigenvalue weighted by atomic mass is 16.1. The van der Waals surface area contributed by atoms with Crippen LogP contribution < -0.4 is 5.32 Å². The third-order valence-electron chi connectivity index (χ3n) is 4.47. The number of aryl methyl sites for hydroxylation is 1. The van der Waals surface area contributed by atoms with Gasteiger partial charge in [0.1, 0.15) is 0 Å². The van der Waals surface area contributed by atoms with E-state index in [4.69, 9.17) is 0 Å². The molecule has 0 aliphatic heterocycles. The number of hydrogen-bond acceptors (Lipinski definition) is 1. The maximum Gasteiger partial charge on any atom is 0.223 e. The minimum Gasteiger partial charge on any atom is -0.349 e. The first-order chi connectivity index (χ1) is 9.74. The van der Waals surface area contributed by atoms with Crippen LogP contribution in [-0.4, -0.2) is 5.91 Å². The van der Waals surface area contributed by atoms with Gasteiger partial charge in [0.2, 0.25) is 5.91 Å². The van der Waals surface area contributed by atoms with E-state index in [1.165, 1.54) is 24.0 Å². The van der Waals surface area contributed by atoms with Crippen LogP contribution in [0.3, 0.4) is 0 Å². The van der Waals surface area contributed by atoms with E-state index in [1.807, 2.05) is 0 Å². The summed E-state index contributed by atoms with van der Waals surface area (Å²) in [6, 6.07) is 8.83. The Balaban J connectivity index is 1.69. The third-order valence-corrected chi connectivity index (χ3v) is 4.47. The lowest BCUT2D eigenvalue weighted by Crippen LogP contribution is -2.35. The van der Waals surface area contributed by atoms with Crippen molar-refractivity contribution in [1.82, 2.24) is 5.32 Å². The summed E-state index contributed by atoms with van der Waals surface area (Å²) in [5.74, 6) is 1.05. The first kappa shape index (κ1) is 13.4. The number of hydrogen-bond donors (Lipinski definition) is 1. The summed E-state index contributed by atoms with van der Waals surface area (Å²) in [7, 11) is 0. The number of nitrogens with one attached hydrogen (secondary N) is 1. The monoisotopic (exact) mass is 269 g/mol. The lowest BCUT2D eigenvalue weighted by Gasteiger charge is -2.23. The van der Waals surface area contributed by atoms with Gasteiger partial charge in [-0.2, -0.15) is 0 Å². The van der Waals surface area contributed by atoms with Gasteiger partial charge in [0.25, 0.3) is 0 Å². The molecule has 2 aliphatic carbocycles. The Bertz CT molecular complexity index is 499. The first-order valence-electron chi connectivity index (χ1n) is 7.76. The molecular formula is C18H23NO. The Hall–Kier alpha value is -1.57. The van der Waals surface area contributed by atoms with E-state index in [2.05, 4.69) is 48.7 Å². The van der Waals surface area contributed by atoms with Gasteiger partial charge in [0.15, 0.2) is 0 Å². The van der Waals surface area contributed by atoms with E-state index in [0.717, 1.165) is 19.3 Å². The van der Waals surface area contributed by atoms with Crippen LogP contribution in [0.25, 0.3) is 0 Å². The summed E-state index contributed by atoms with van der Waals surface area (Å²) >= 11 is 0. The summed E-state index contributed by atoms with van der Waals surface area (Å²) in [6.07, 6.45) is 9.74. The molecule has 106 valence electrons. The minimum absolute atomic E-state index is 0.173. The molecule has 2 heteroatoms. The Morgan fingerprint density at radius 1 is 1.15 bits per heavy atom. The summed E-state index contributed by atoms with van der Waals surface area (Å²) in [4.78, 5) is 12.4. The smallest absolute Gasteiger partial charge is 0.223 e. The topological polar surface area (TPSA) is 29.1 Å². The molecule has 2 atom stereocenters. The summed E-state index contributed by atoms with van der Waals surface area (Å²) in [5.41, 5.74) is 2.53. The molecule has 1 aromatic rings. The van der Waals surface area contributed by atoms with E-state index < -0.39 is 0 Å². The second kappa shape index (κ2) is 5.82. The predicted octanol–water partition coefficient (Wildman–Crippen LogP) is 3.92. The normalized spacial score (nSPS) is 23.4. The van der Waals surface area contributed by atoms with Gasteiger partial charge in [-0.1, -0.05) is 42.0 Å². The van der Waals surface area contributed by atoms with E-state index in [9.17, 15) is 4.79 Å². The number of carbonyl (C=O) groups excluding carboxylic acids is 1. The minimum atomic E-state index is 0.173. The SMILES string of the molecule is Cc1ccc(C(NC(=O)C2CC=CCC2)C2CC2)cc1. The zero-order valence-corrected chi connectivity index (χ0v) is 12.1. The highest BCUT2D eigenvalue weighted by molar-refractivity contribution is 5.79. The molecule has 3 rings (SSSR count). The van der Waals surface area contributed by atoms with Gasteiger partial charge in [-0.15, -0.1) is 0 Å². The lowest BCUT2D eigenvalue weighted by molar-refractivity contribution is -0.126. The lowest BCUT2D eigenvalue weighted by atomic mass is 9.92. The quantitative estimate of drug-likeness (QED) is 0.825. The third kappa shape index (κ3) is 3.12. The Kier molecular flexibility index (Phi) is 3.90. The zero-order valence-electron chi connectivity index (χ0n) is 12.1. The van der Waals surface area contributed by atoms with Crippen LogP contribution in [0.15, 0.2) is 36.4 Å². The van der Waals surface area contributed by atoms with Crippen LogP contribution in [-0.2, 0) is 4.79 Å².